The summed E-state index contributed by atoms with van der Waals surface area (Å²) in [6.07, 6.45) is -4.65. The SMILES string of the molecule is O=c1[nH][nH]c(C(F)(F)F)c1-c1ccc2ccccc2n1. The van der Waals surface area contributed by atoms with E-state index in [1.165, 1.54) is 6.07 Å². The fourth-order valence-corrected chi connectivity index (χ4v) is 2.02. The Balaban J connectivity index is 2.26. The smallest absolute Gasteiger partial charge is 0.293 e. The van der Waals surface area contributed by atoms with E-state index in [0.29, 0.717) is 5.52 Å². The molecule has 0 saturated carbocycles. The summed E-state index contributed by atoms with van der Waals surface area (Å²) in [5.41, 5.74) is -1.95. The first-order valence-corrected chi connectivity index (χ1v) is 5.71. The van der Waals surface area contributed by atoms with Gasteiger partial charge in [-0.15, -0.1) is 0 Å². The topological polar surface area (TPSA) is 61.5 Å². The molecule has 2 N–H and O–H groups in total. The predicted molar refractivity (Wildman–Crippen MR) is 67.2 cm³/mol. The molecule has 20 heavy (non-hydrogen) atoms. The lowest BCUT2D eigenvalue weighted by molar-refractivity contribution is -0.140. The highest BCUT2D eigenvalue weighted by atomic mass is 19.4. The van der Waals surface area contributed by atoms with Crippen LogP contribution in [-0.2, 0) is 6.18 Å². The number of H-pyrrole nitrogens is 2. The van der Waals surface area contributed by atoms with Crippen LogP contribution < -0.4 is 5.56 Å². The Labute approximate surface area is 110 Å². The van der Waals surface area contributed by atoms with E-state index in [2.05, 4.69) is 4.98 Å². The fraction of sp³-hybridized carbons (Fsp3) is 0.0769. The molecular formula is C13H8F3N3O. The monoisotopic (exact) mass is 279 g/mol. The lowest BCUT2D eigenvalue weighted by atomic mass is 10.1. The van der Waals surface area contributed by atoms with Crippen molar-refractivity contribution < 1.29 is 13.2 Å². The molecule has 1 aromatic carbocycles. The molecule has 0 saturated heterocycles. The number of para-hydroxylation sites is 1. The highest BCUT2D eigenvalue weighted by molar-refractivity contribution is 5.81. The Hall–Kier alpha value is -2.57. The van der Waals surface area contributed by atoms with Crippen LogP contribution in [0.4, 0.5) is 13.2 Å². The first-order valence-electron chi connectivity index (χ1n) is 5.71. The number of benzene rings is 1. The molecule has 0 spiro atoms. The summed E-state index contributed by atoms with van der Waals surface area (Å²) in [4.78, 5) is 15.7. The van der Waals surface area contributed by atoms with E-state index in [0.717, 1.165) is 5.39 Å². The number of nitrogens with zero attached hydrogens (tertiary/aromatic N) is 1. The second-order valence-electron chi connectivity index (χ2n) is 4.22. The molecular weight excluding hydrogens is 271 g/mol. The van der Waals surface area contributed by atoms with Crippen LogP contribution >= 0.6 is 0 Å². The molecule has 3 rings (SSSR count). The van der Waals surface area contributed by atoms with Gasteiger partial charge in [-0.05, 0) is 12.1 Å². The molecule has 3 aromatic rings. The number of alkyl halides is 3. The van der Waals surface area contributed by atoms with Gasteiger partial charge in [-0.3, -0.25) is 15.0 Å². The Bertz CT molecular complexity index is 832. The molecule has 0 radical (unpaired) electrons. The predicted octanol–water partition coefficient (Wildman–Crippen LogP) is 2.94. The summed E-state index contributed by atoms with van der Waals surface area (Å²) >= 11 is 0. The van der Waals surface area contributed by atoms with Crippen molar-refractivity contribution in [2.75, 3.05) is 0 Å². The first kappa shape index (κ1) is 12.5. The number of pyridine rings is 1. The van der Waals surface area contributed by atoms with Crippen LogP contribution in [0.25, 0.3) is 22.2 Å². The van der Waals surface area contributed by atoms with Gasteiger partial charge in [0.15, 0.2) is 5.69 Å². The molecule has 0 unspecified atom stereocenters. The number of rotatable bonds is 1. The van der Waals surface area contributed by atoms with E-state index in [-0.39, 0.29) is 5.69 Å². The lowest BCUT2D eigenvalue weighted by Crippen LogP contribution is -2.10. The minimum Gasteiger partial charge on any atom is -0.293 e. The zero-order valence-corrected chi connectivity index (χ0v) is 9.95. The summed E-state index contributed by atoms with van der Waals surface area (Å²) < 4.78 is 38.5. The Morgan fingerprint density at radius 2 is 1.75 bits per heavy atom. The van der Waals surface area contributed by atoms with Gasteiger partial charge in [0.05, 0.1) is 16.8 Å². The van der Waals surface area contributed by atoms with Crippen molar-refractivity contribution in [2.45, 2.75) is 6.18 Å². The van der Waals surface area contributed by atoms with Crippen molar-refractivity contribution in [3.05, 3.63) is 52.4 Å². The number of aromatic amines is 2. The second-order valence-corrected chi connectivity index (χ2v) is 4.22. The normalized spacial score (nSPS) is 11.9. The van der Waals surface area contributed by atoms with Crippen molar-refractivity contribution in [3.8, 4) is 11.3 Å². The third-order valence-electron chi connectivity index (χ3n) is 2.92. The molecule has 0 atom stereocenters. The van der Waals surface area contributed by atoms with E-state index < -0.39 is 23.0 Å². The summed E-state index contributed by atoms with van der Waals surface area (Å²) in [6.45, 7) is 0. The van der Waals surface area contributed by atoms with Crippen molar-refractivity contribution >= 4 is 10.9 Å². The van der Waals surface area contributed by atoms with Gasteiger partial charge in [0.1, 0.15) is 0 Å². The molecule has 0 bridgehead atoms. The molecule has 0 aliphatic carbocycles. The van der Waals surface area contributed by atoms with Gasteiger partial charge in [-0.1, -0.05) is 24.3 Å². The maximum atomic E-state index is 12.8. The Morgan fingerprint density at radius 1 is 1.00 bits per heavy atom. The summed E-state index contributed by atoms with van der Waals surface area (Å²) in [6, 6.07) is 10.0. The average molecular weight is 279 g/mol. The summed E-state index contributed by atoms with van der Waals surface area (Å²) in [5, 5.41) is 4.60. The van der Waals surface area contributed by atoms with Crippen LogP contribution in [0.2, 0.25) is 0 Å². The molecule has 4 nitrogen and oxygen atoms in total. The third-order valence-corrected chi connectivity index (χ3v) is 2.92. The van der Waals surface area contributed by atoms with Crippen molar-refractivity contribution in [3.63, 3.8) is 0 Å². The van der Waals surface area contributed by atoms with Gasteiger partial charge in [0.2, 0.25) is 0 Å². The number of hydrogen-bond donors (Lipinski definition) is 2. The Morgan fingerprint density at radius 3 is 2.50 bits per heavy atom. The maximum Gasteiger partial charge on any atom is 0.433 e. The first-order chi connectivity index (χ1) is 9.47. The van der Waals surface area contributed by atoms with E-state index in [9.17, 15) is 18.0 Å². The molecule has 2 heterocycles. The third kappa shape index (κ3) is 1.97. The van der Waals surface area contributed by atoms with E-state index in [1.54, 1.807) is 30.3 Å². The van der Waals surface area contributed by atoms with E-state index in [4.69, 9.17) is 0 Å². The summed E-state index contributed by atoms with van der Waals surface area (Å²) in [7, 11) is 0. The molecule has 0 aliphatic heterocycles. The van der Waals surface area contributed by atoms with Crippen LogP contribution in [0, 0.1) is 0 Å². The number of nitrogens with one attached hydrogen (secondary N) is 2. The molecule has 2 aromatic heterocycles. The van der Waals surface area contributed by atoms with Gasteiger partial charge in [0, 0.05) is 5.39 Å². The van der Waals surface area contributed by atoms with Crippen molar-refractivity contribution in [1.82, 2.24) is 15.2 Å². The van der Waals surface area contributed by atoms with Gasteiger partial charge in [-0.25, -0.2) is 4.98 Å². The average Bonchev–Trinajstić information content (AvgIpc) is 2.80. The van der Waals surface area contributed by atoms with E-state index in [1.807, 2.05) is 10.2 Å². The number of hydrogen-bond acceptors (Lipinski definition) is 2. The zero-order chi connectivity index (χ0) is 14.3. The molecule has 0 aliphatic rings. The number of fused-ring (bicyclic) bond motifs is 1. The van der Waals surface area contributed by atoms with Crippen LogP contribution in [0.5, 0.6) is 0 Å². The Kier molecular flexibility index (Phi) is 2.63. The van der Waals surface area contributed by atoms with Crippen molar-refractivity contribution in [2.24, 2.45) is 0 Å². The maximum absolute atomic E-state index is 12.8. The van der Waals surface area contributed by atoms with Gasteiger partial charge >= 0.3 is 6.18 Å². The standard InChI is InChI=1S/C13H8F3N3O/c14-13(15,16)11-10(12(20)19-18-11)9-6-5-7-3-1-2-4-8(7)17-9/h1-6H,(H2,18,19,20). The number of halogens is 3. The van der Waals surface area contributed by atoms with Gasteiger partial charge in [-0.2, -0.15) is 13.2 Å². The zero-order valence-electron chi connectivity index (χ0n) is 9.95. The quantitative estimate of drug-likeness (QED) is 0.719. The highest BCUT2D eigenvalue weighted by Gasteiger charge is 2.37. The number of aromatic nitrogens is 3. The van der Waals surface area contributed by atoms with Crippen molar-refractivity contribution in [1.29, 1.82) is 0 Å². The molecule has 102 valence electrons. The molecule has 7 heteroatoms. The lowest BCUT2D eigenvalue weighted by Gasteiger charge is -2.06. The van der Waals surface area contributed by atoms with E-state index >= 15 is 0 Å². The highest BCUT2D eigenvalue weighted by Crippen LogP contribution is 2.33. The summed E-state index contributed by atoms with van der Waals surface area (Å²) in [5.74, 6) is 0. The molecule has 0 fully saturated rings. The minimum atomic E-state index is -4.65. The van der Waals surface area contributed by atoms with Gasteiger partial charge < -0.3 is 0 Å². The minimum absolute atomic E-state index is 0.0153. The molecule has 0 amide bonds. The van der Waals surface area contributed by atoms with Crippen LogP contribution in [0.1, 0.15) is 5.69 Å². The fourth-order valence-electron chi connectivity index (χ4n) is 2.02. The second kappa shape index (κ2) is 4.22. The van der Waals surface area contributed by atoms with Crippen LogP contribution in [0.3, 0.4) is 0 Å². The van der Waals surface area contributed by atoms with Crippen LogP contribution in [0.15, 0.2) is 41.2 Å². The largest absolute Gasteiger partial charge is 0.433 e. The van der Waals surface area contributed by atoms with Gasteiger partial charge in [0.25, 0.3) is 5.56 Å². The van der Waals surface area contributed by atoms with Crippen LogP contribution in [-0.4, -0.2) is 15.2 Å².